The van der Waals surface area contributed by atoms with Gasteiger partial charge in [-0.3, -0.25) is 0 Å². The van der Waals surface area contributed by atoms with E-state index in [9.17, 15) is 65.9 Å². The highest BCUT2D eigenvalue weighted by Crippen LogP contribution is 2.60. The third-order valence-electron chi connectivity index (χ3n) is 7.06. The van der Waals surface area contributed by atoms with Crippen molar-refractivity contribution in [1.29, 1.82) is 0 Å². The molecule has 0 aliphatic heterocycles. The summed E-state index contributed by atoms with van der Waals surface area (Å²) >= 11 is 0. The van der Waals surface area contributed by atoms with E-state index in [-0.39, 0.29) is 12.2 Å². The van der Waals surface area contributed by atoms with Crippen LogP contribution in [0.2, 0.25) is 0 Å². The van der Waals surface area contributed by atoms with Crippen molar-refractivity contribution in [2.24, 2.45) is 5.92 Å². The van der Waals surface area contributed by atoms with Gasteiger partial charge in [0.15, 0.2) is 11.6 Å². The number of benzene rings is 2. The number of hydrogen-bond donors (Lipinski definition) is 0. The van der Waals surface area contributed by atoms with Crippen molar-refractivity contribution in [1.82, 2.24) is 0 Å². The zero-order valence-corrected chi connectivity index (χ0v) is 21.6. The topological polar surface area (TPSA) is 18.5 Å². The third-order valence-corrected chi connectivity index (χ3v) is 7.06. The van der Waals surface area contributed by atoms with Crippen molar-refractivity contribution in [3.8, 4) is 11.5 Å². The minimum Gasteiger partial charge on any atom is -0.491 e. The lowest BCUT2D eigenvalue weighted by Crippen LogP contribution is -2.67. The van der Waals surface area contributed by atoms with Crippen LogP contribution in [0, 0.1) is 17.6 Å². The van der Waals surface area contributed by atoms with Gasteiger partial charge >= 0.3 is 36.0 Å². The summed E-state index contributed by atoms with van der Waals surface area (Å²) in [6.07, 6.45) is -14.5. The molecule has 0 amide bonds. The SMILES string of the molecule is CCOc1ccc(C(F)(F)Oc2ccc(C3CCC(C(F)(F)C(F)(F)C(F)(F)C(F)(F)C(F)(F)F)CC3)cc2)c(F)c1F. The predicted molar refractivity (Wildman–Crippen MR) is 119 cm³/mol. The smallest absolute Gasteiger partial charge is 0.460 e. The molecule has 0 aromatic heterocycles. The van der Waals surface area contributed by atoms with E-state index in [0.29, 0.717) is 6.07 Å². The van der Waals surface area contributed by atoms with Crippen molar-refractivity contribution in [3.05, 3.63) is 59.2 Å². The predicted octanol–water partition coefficient (Wildman–Crippen LogP) is 9.87. The van der Waals surface area contributed by atoms with E-state index in [1.807, 2.05) is 0 Å². The number of hydrogen-bond acceptors (Lipinski definition) is 2. The lowest BCUT2D eigenvalue weighted by Gasteiger charge is -2.42. The van der Waals surface area contributed by atoms with Gasteiger partial charge in [-0.05, 0) is 68.4 Å². The number of rotatable bonds is 10. The van der Waals surface area contributed by atoms with Crippen LogP contribution in [0.5, 0.6) is 11.5 Å². The molecule has 1 aliphatic rings. The highest BCUT2D eigenvalue weighted by Gasteiger charge is 2.87. The molecule has 0 spiro atoms. The minimum absolute atomic E-state index is 0.0810. The molecule has 0 bridgehead atoms. The molecule has 0 heterocycles. The van der Waals surface area contributed by atoms with Crippen molar-refractivity contribution in [2.75, 3.05) is 6.61 Å². The second-order valence-corrected chi connectivity index (χ2v) is 9.75. The Balaban J connectivity index is 1.70. The van der Waals surface area contributed by atoms with Gasteiger partial charge in [-0.25, -0.2) is 4.39 Å². The van der Waals surface area contributed by atoms with Crippen molar-refractivity contribution >= 4 is 0 Å². The van der Waals surface area contributed by atoms with Gasteiger partial charge in [-0.2, -0.15) is 61.5 Å². The maximum absolute atomic E-state index is 14.6. The maximum atomic E-state index is 14.6. The second kappa shape index (κ2) is 11.5. The molecular weight excluding hydrogens is 629 g/mol. The Bertz CT molecular complexity index is 1260. The van der Waals surface area contributed by atoms with E-state index in [1.165, 1.54) is 6.92 Å². The Hall–Kier alpha value is -3.01. The Kier molecular flexibility index (Phi) is 9.21. The molecule has 1 fully saturated rings. The first-order chi connectivity index (χ1) is 19.5. The summed E-state index contributed by atoms with van der Waals surface area (Å²) in [7, 11) is 0. The van der Waals surface area contributed by atoms with E-state index >= 15 is 0 Å². The summed E-state index contributed by atoms with van der Waals surface area (Å²) in [5.41, 5.74) is -1.23. The van der Waals surface area contributed by atoms with Crippen LogP contribution in [0.1, 0.15) is 49.7 Å². The molecule has 0 unspecified atom stereocenters. The Morgan fingerprint density at radius 2 is 1.19 bits per heavy atom. The van der Waals surface area contributed by atoms with Gasteiger partial charge in [0, 0.05) is 5.92 Å². The van der Waals surface area contributed by atoms with E-state index < -0.39 is 102 Å². The van der Waals surface area contributed by atoms with Crippen molar-refractivity contribution < 1.29 is 75.3 Å². The monoisotopic (exact) mass is 650 g/mol. The molecule has 17 heteroatoms. The van der Waals surface area contributed by atoms with Gasteiger partial charge in [-0.1, -0.05) is 12.1 Å². The molecule has 0 atom stereocenters. The maximum Gasteiger partial charge on any atom is 0.460 e. The molecule has 43 heavy (non-hydrogen) atoms. The molecule has 242 valence electrons. The summed E-state index contributed by atoms with van der Waals surface area (Å²) in [5, 5.41) is 0. The summed E-state index contributed by atoms with van der Waals surface area (Å²) in [6.45, 7) is 1.36. The molecule has 2 nitrogen and oxygen atoms in total. The number of alkyl halides is 13. The summed E-state index contributed by atoms with van der Waals surface area (Å²) in [6, 6.07) is 5.43. The standard InChI is InChI=1S/C26H21F15O2/c1-2-42-18-12-11-17(19(27)20(18)28)22(31,32)43-16-9-5-14(6-10-16)13-3-7-15(8-4-13)21(29,30)23(33,34)24(35,36)25(37,38)26(39,40)41/h5-6,9-13,15H,2-4,7-8H2,1H3. The highest BCUT2D eigenvalue weighted by atomic mass is 19.4. The average molecular weight is 650 g/mol. The lowest BCUT2D eigenvalue weighted by atomic mass is 9.74. The van der Waals surface area contributed by atoms with Gasteiger partial charge in [-0.15, -0.1) is 0 Å². The van der Waals surface area contributed by atoms with Crippen molar-refractivity contribution in [2.45, 2.75) is 74.5 Å². The van der Waals surface area contributed by atoms with Crippen LogP contribution in [0.3, 0.4) is 0 Å². The Morgan fingerprint density at radius 1 is 0.651 bits per heavy atom. The van der Waals surface area contributed by atoms with Crippen LogP contribution in [0.4, 0.5) is 65.9 Å². The number of halogens is 15. The van der Waals surface area contributed by atoms with Crippen molar-refractivity contribution in [3.63, 3.8) is 0 Å². The average Bonchev–Trinajstić information content (AvgIpc) is 2.90. The van der Waals surface area contributed by atoms with Crippen LogP contribution in [-0.2, 0) is 6.11 Å². The molecule has 0 radical (unpaired) electrons. The first-order valence-electron chi connectivity index (χ1n) is 12.4. The van der Waals surface area contributed by atoms with Crippen LogP contribution in [0.15, 0.2) is 36.4 Å². The van der Waals surface area contributed by atoms with Gasteiger partial charge in [0.25, 0.3) is 0 Å². The van der Waals surface area contributed by atoms with Gasteiger partial charge < -0.3 is 9.47 Å². The molecule has 2 aromatic carbocycles. The van der Waals surface area contributed by atoms with E-state index in [1.54, 1.807) is 0 Å². The van der Waals surface area contributed by atoms with Gasteiger partial charge in [0.2, 0.25) is 5.82 Å². The fraction of sp³-hybridized carbons (Fsp3) is 0.538. The molecule has 0 saturated heterocycles. The summed E-state index contributed by atoms with van der Waals surface area (Å²) in [5.74, 6) is -36.2. The number of ether oxygens (including phenoxy) is 2. The van der Waals surface area contributed by atoms with Crippen LogP contribution in [0.25, 0.3) is 0 Å². The molecule has 1 saturated carbocycles. The fourth-order valence-corrected chi connectivity index (χ4v) is 4.66. The molecule has 3 rings (SSSR count). The van der Waals surface area contributed by atoms with E-state index in [4.69, 9.17) is 4.74 Å². The summed E-state index contributed by atoms with van der Waals surface area (Å²) in [4.78, 5) is 0. The Labute approximate surface area is 233 Å². The molecular formula is C26H21F15O2. The normalized spacial score (nSPS) is 19.3. The zero-order valence-electron chi connectivity index (χ0n) is 21.6. The third kappa shape index (κ3) is 6.04. The Morgan fingerprint density at radius 3 is 1.67 bits per heavy atom. The molecule has 0 N–H and O–H groups in total. The van der Waals surface area contributed by atoms with Gasteiger partial charge in [0.1, 0.15) is 11.3 Å². The zero-order chi connectivity index (χ0) is 32.8. The van der Waals surface area contributed by atoms with E-state index in [2.05, 4.69) is 4.74 Å². The van der Waals surface area contributed by atoms with Crippen LogP contribution in [-0.4, -0.2) is 36.5 Å². The highest BCUT2D eigenvalue weighted by molar-refractivity contribution is 5.35. The lowest BCUT2D eigenvalue weighted by molar-refractivity contribution is -0.427. The fourth-order valence-electron chi connectivity index (χ4n) is 4.66. The first kappa shape index (κ1) is 34.5. The largest absolute Gasteiger partial charge is 0.491 e. The molecule has 1 aliphatic carbocycles. The second-order valence-electron chi connectivity index (χ2n) is 9.75. The quantitative estimate of drug-likeness (QED) is 0.239. The van der Waals surface area contributed by atoms with Crippen LogP contribution < -0.4 is 9.47 Å². The van der Waals surface area contributed by atoms with Gasteiger partial charge in [0.05, 0.1) is 6.61 Å². The minimum atomic E-state index is -7.48. The van der Waals surface area contributed by atoms with Crippen LogP contribution >= 0.6 is 0 Å². The summed E-state index contributed by atoms with van der Waals surface area (Å²) < 4.78 is 214. The first-order valence-corrected chi connectivity index (χ1v) is 12.4. The van der Waals surface area contributed by atoms with E-state index in [0.717, 1.165) is 30.3 Å². The molecule has 2 aromatic rings.